The van der Waals surface area contributed by atoms with E-state index in [1.807, 2.05) is 26.8 Å². The van der Waals surface area contributed by atoms with Crippen molar-refractivity contribution in [3.63, 3.8) is 0 Å². The number of rotatable bonds is 3. The standard InChI is InChI=1S/C8H11N.C2H6/c1-4-6-8(3)7-9-5-2;1-2/h4-7H,1-2H2,3H3;1-2H3/b8-6-,9-7?;. The van der Waals surface area contributed by atoms with Crippen LogP contribution in [0.3, 0.4) is 0 Å². The Balaban J connectivity index is 0. The van der Waals surface area contributed by atoms with Gasteiger partial charge in [0.25, 0.3) is 0 Å². The van der Waals surface area contributed by atoms with Gasteiger partial charge < -0.3 is 0 Å². The van der Waals surface area contributed by atoms with Crippen LogP contribution in [0.25, 0.3) is 0 Å². The second-order valence-electron chi connectivity index (χ2n) is 1.61. The fourth-order valence-electron chi connectivity index (χ4n) is 0.399. The molecule has 11 heavy (non-hydrogen) atoms. The summed E-state index contributed by atoms with van der Waals surface area (Å²) in [5, 5.41) is 0. The second kappa shape index (κ2) is 11.7. The molecule has 0 aliphatic carbocycles. The fourth-order valence-corrected chi connectivity index (χ4v) is 0.399. The van der Waals surface area contributed by atoms with Gasteiger partial charge in [0, 0.05) is 12.4 Å². The van der Waals surface area contributed by atoms with E-state index in [1.54, 1.807) is 12.3 Å². The summed E-state index contributed by atoms with van der Waals surface area (Å²) in [6, 6.07) is 0. The maximum Gasteiger partial charge on any atom is 0.0296 e. The van der Waals surface area contributed by atoms with Gasteiger partial charge in [-0.2, -0.15) is 0 Å². The van der Waals surface area contributed by atoms with Gasteiger partial charge in [-0.15, -0.1) is 0 Å². The van der Waals surface area contributed by atoms with E-state index in [0.717, 1.165) is 5.57 Å². The van der Waals surface area contributed by atoms with Crippen molar-refractivity contribution in [2.75, 3.05) is 0 Å². The molecule has 0 N–H and O–H groups in total. The summed E-state index contributed by atoms with van der Waals surface area (Å²) >= 11 is 0. The molecule has 0 aliphatic rings. The van der Waals surface area contributed by atoms with E-state index in [2.05, 4.69) is 18.2 Å². The summed E-state index contributed by atoms with van der Waals surface area (Å²) in [7, 11) is 0. The van der Waals surface area contributed by atoms with E-state index in [0.29, 0.717) is 0 Å². The highest BCUT2D eigenvalue weighted by Gasteiger charge is 1.74. The molecule has 0 aromatic carbocycles. The van der Waals surface area contributed by atoms with Gasteiger partial charge in [-0.25, -0.2) is 0 Å². The molecule has 0 rings (SSSR count). The van der Waals surface area contributed by atoms with Crippen molar-refractivity contribution in [3.05, 3.63) is 37.1 Å². The zero-order chi connectivity index (χ0) is 9.11. The predicted octanol–water partition coefficient (Wildman–Crippen LogP) is 3.36. The number of hydrogen-bond donors (Lipinski definition) is 0. The van der Waals surface area contributed by atoms with E-state index in [-0.39, 0.29) is 0 Å². The van der Waals surface area contributed by atoms with Crippen molar-refractivity contribution >= 4 is 6.21 Å². The van der Waals surface area contributed by atoms with Crippen molar-refractivity contribution in [2.45, 2.75) is 20.8 Å². The van der Waals surface area contributed by atoms with Crippen LogP contribution in [0.5, 0.6) is 0 Å². The minimum Gasteiger partial charge on any atom is -0.265 e. The first-order valence-electron chi connectivity index (χ1n) is 3.74. The Hall–Kier alpha value is -1.11. The molecule has 0 atom stereocenters. The van der Waals surface area contributed by atoms with Gasteiger partial charge in [-0.3, -0.25) is 4.99 Å². The molecule has 0 radical (unpaired) electrons. The molecule has 1 nitrogen and oxygen atoms in total. The van der Waals surface area contributed by atoms with E-state index in [4.69, 9.17) is 0 Å². The topological polar surface area (TPSA) is 12.4 Å². The van der Waals surface area contributed by atoms with Crippen LogP contribution >= 0.6 is 0 Å². The summed E-state index contributed by atoms with van der Waals surface area (Å²) in [5.74, 6) is 0. The maximum absolute atomic E-state index is 3.81. The molecule has 0 fully saturated rings. The molecule has 0 aromatic rings. The van der Waals surface area contributed by atoms with Crippen molar-refractivity contribution < 1.29 is 0 Å². The number of hydrogen-bond acceptors (Lipinski definition) is 1. The maximum atomic E-state index is 3.81. The lowest BCUT2D eigenvalue weighted by Gasteiger charge is -1.82. The van der Waals surface area contributed by atoms with Gasteiger partial charge in [0.05, 0.1) is 0 Å². The molecule has 1 heteroatoms. The van der Waals surface area contributed by atoms with Gasteiger partial charge in [-0.05, 0) is 12.5 Å². The van der Waals surface area contributed by atoms with Crippen LogP contribution in [-0.4, -0.2) is 6.21 Å². The molecule has 0 spiro atoms. The first-order chi connectivity index (χ1) is 5.31. The molecule has 0 aliphatic heterocycles. The highest BCUT2D eigenvalue weighted by molar-refractivity contribution is 5.78. The molecule has 0 heterocycles. The lowest BCUT2D eigenvalue weighted by atomic mass is 10.3. The lowest BCUT2D eigenvalue weighted by Crippen LogP contribution is -1.72. The van der Waals surface area contributed by atoms with Crippen LogP contribution in [0.4, 0.5) is 0 Å². The first-order valence-corrected chi connectivity index (χ1v) is 3.74. The molecule has 0 unspecified atom stereocenters. The Bertz CT molecular complexity index is 152. The molecule has 0 saturated heterocycles. The van der Waals surface area contributed by atoms with Crippen LogP contribution in [0.1, 0.15) is 20.8 Å². The summed E-state index contributed by atoms with van der Waals surface area (Å²) in [5.41, 5.74) is 1.07. The fraction of sp³-hybridized carbons (Fsp3) is 0.300. The zero-order valence-corrected chi connectivity index (χ0v) is 7.67. The number of aliphatic imine (C=N–C) groups is 1. The molecule has 0 aromatic heterocycles. The Kier molecular flexibility index (Phi) is 13.3. The Morgan fingerprint density at radius 2 is 1.82 bits per heavy atom. The average Bonchev–Trinajstić information content (AvgIpc) is 2.05. The molecule has 62 valence electrons. The summed E-state index contributed by atoms with van der Waals surface area (Å²) in [6.07, 6.45) is 6.84. The van der Waals surface area contributed by atoms with Crippen molar-refractivity contribution in [1.82, 2.24) is 0 Å². The molecular formula is C10H17N. The monoisotopic (exact) mass is 151 g/mol. The minimum absolute atomic E-state index is 1.07. The highest BCUT2D eigenvalue weighted by atomic mass is 14.6. The van der Waals surface area contributed by atoms with Crippen molar-refractivity contribution in [1.29, 1.82) is 0 Å². The number of nitrogens with zero attached hydrogens (tertiary/aromatic N) is 1. The Morgan fingerprint density at radius 1 is 1.27 bits per heavy atom. The molecule has 0 saturated carbocycles. The van der Waals surface area contributed by atoms with Gasteiger partial charge in [0.15, 0.2) is 0 Å². The number of allylic oxidation sites excluding steroid dienone is 3. The van der Waals surface area contributed by atoms with E-state index in [9.17, 15) is 0 Å². The lowest BCUT2D eigenvalue weighted by molar-refractivity contribution is 1.50. The third-order valence-corrected chi connectivity index (χ3v) is 0.764. The summed E-state index contributed by atoms with van der Waals surface area (Å²) in [4.78, 5) is 3.81. The molecule has 0 amide bonds. The second-order valence-corrected chi connectivity index (χ2v) is 1.61. The molecular weight excluding hydrogens is 134 g/mol. The van der Waals surface area contributed by atoms with Crippen LogP contribution in [0.15, 0.2) is 42.1 Å². The SMILES string of the molecule is C=C/C=C(/C)C=NC=C.CC. The van der Waals surface area contributed by atoms with Gasteiger partial charge in [0.2, 0.25) is 0 Å². The van der Waals surface area contributed by atoms with Gasteiger partial charge in [0.1, 0.15) is 0 Å². The smallest absolute Gasteiger partial charge is 0.0296 e. The summed E-state index contributed by atoms with van der Waals surface area (Å²) in [6.45, 7) is 12.9. The van der Waals surface area contributed by atoms with E-state index >= 15 is 0 Å². The normalized spacial score (nSPS) is 10.3. The average molecular weight is 151 g/mol. The minimum atomic E-state index is 1.07. The van der Waals surface area contributed by atoms with Gasteiger partial charge >= 0.3 is 0 Å². The zero-order valence-electron chi connectivity index (χ0n) is 7.67. The molecule has 0 bridgehead atoms. The highest BCUT2D eigenvalue weighted by Crippen LogP contribution is 1.86. The largest absolute Gasteiger partial charge is 0.265 e. The van der Waals surface area contributed by atoms with Crippen molar-refractivity contribution in [2.24, 2.45) is 4.99 Å². The van der Waals surface area contributed by atoms with Crippen molar-refractivity contribution in [3.8, 4) is 0 Å². The first kappa shape index (κ1) is 12.6. The quantitative estimate of drug-likeness (QED) is 0.433. The van der Waals surface area contributed by atoms with Crippen LogP contribution in [0.2, 0.25) is 0 Å². The van der Waals surface area contributed by atoms with Crippen LogP contribution in [0, 0.1) is 0 Å². The third kappa shape index (κ3) is 12.2. The van der Waals surface area contributed by atoms with Gasteiger partial charge in [-0.1, -0.05) is 39.2 Å². The Labute approximate surface area is 69.9 Å². The predicted molar refractivity (Wildman–Crippen MR) is 54.0 cm³/mol. The van der Waals surface area contributed by atoms with E-state index in [1.165, 1.54) is 6.20 Å². The third-order valence-electron chi connectivity index (χ3n) is 0.764. The van der Waals surface area contributed by atoms with E-state index < -0.39 is 0 Å². The summed E-state index contributed by atoms with van der Waals surface area (Å²) < 4.78 is 0. The van der Waals surface area contributed by atoms with Crippen LogP contribution in [-0.2, 0) is 0 Å². The van der Waals surface area contributed by atoms with Crippen LogP contribution < -0.4 is 0 Å². The Morgan fingerprint density at radius 3 is 2.18 bits per heavy atom.